The van der Waals surface area contributed by atoms with Crippen LogP contribution in [-0.4, -0.2) is 42.7 Å². The summed E-state index contributed by atoms with van der Waals surface area (Å²) in [5.74, 6) is 0.728. The molecule has 0 saturated heterocycles. The number of nitrogens with one attached hydrogen (secondary N) is 1. The van der Waals surface area contributed by atoms with Gasteiger partial charge in [0, 0.05) is 23.3 Å². The molecule has 0 aliphatic carbocycles. The highest BCUT2D eigenvalue weighted by Crippen LogP contribution is 2.23. The molecule has 108 valence electrons. The second-order valence-corrected chi connectivity index (χ2v) is 5.67. The van der Waals surface area contributed by atoms with Gasteiger partial charge in [-0.05, 0) is 47.5 Å². The topological polar surface area (TPSA) is 37.4 Å². The number of pyridine rings is 1. The molecule has 1 aromatic rings. The van der Waals surface area contributed by atoms with Gasteiger partial charge in [-0.3, -0.25) is 0 Å². The lowest BCUT2D eigenvalue weighted by Gasteiger charge is -2.32. The first-order chi connectivity index (χ1) is 8.88. The fourth-order valence-corrected chi connectivity index (χ4v) is 1.64. The summed E-state index contributed by atoms with van der Waals surface area (Å²) in [6.07, 6.45) is 1.78. The zero-order valence-electron chi connectivity index (χ0n) is 13.0. The standard InChI is InChI=1S/C15H27N3O/c1-7-16-12(2)13-9-8-10-17-14(13)19-11-15(3,4)18(5)6/h8-10,12,16H,7,11H2,1-6H3. The van der Waals surface area contributed by atoms with Gasteiger partial charge in [0.15, 0.2) is 0 Å². The average molecular weight is 265 g/mol. The zero-order chi connectivity index (χ0) is 14.5. The molecule has 0 radical (unpaired) electrons. The zero-order valence-corrected chi connectivity index (χ0v) is 13.0. The Morgan fingerprint density at radius 3 is 2.68 bits per heavy atom. The average Bonchev–Trinajstić information content (AvgIpc) is 2.37. The lowest BCUT2D eigenvalue weighted by atomic mass is 10.1. The van der Waals surface area contributed by atoms with Gasteiger partial charge < -0.3 is 15.0 Å². The van der Waals surface area contributed by atoms with Crippen LogP contribution in [0, 0.1) is 0 Å². The Morgan fingerprint density at radius 1 is 1.42 bits per heavy atom. The maximum absolute atomic E-state index is 5.94. The van der Waals surface area contributed by atoms with Gasteiger partial charge >= 0.3 is 0 Å². The molecule has 0 saturated carbocycles. The molecule has 1 heterocycles. The van der Waals surface area contributed by atoms with E-state index < -0.39 is 0 Å². The summed E-state index contributed by atoms with van der Waals surface area (Å²) in [7, 11) is 4.12. The fourth-order valence-electron chi connectivity index (χ4n) is 1.64. The van der Waals surface area contributed by atoms with Gasteiger partial charge in [0.05, 0.1) is 0 Å². The summed E-state index contributed by atoms with van der Waals surface area (Å²) in [5.41, 5.74) is 1.09. The summed E-state index contributed by atoms with van der Waals surface area (Å²) in [4.78, 5) is 6.52. The molecule has 0 fully saturated rings. The molecule has 0 aliphatic heterocycles. The van der Waals surface area contributed by atoms with Crippen molar-refractivity contribution in [3.05, 3.63) is 23.9 Å². The van der Waals surface area contributed by atoms with E-state index in [0.29, 0.717) is 6.61 Å². The number of aromatic nitrogens is 1. The Bertz CT molecular complexity index is 391. The third-order valence-corrected chi connectivity index (χ3v) is 3.55. The smallest absolute Gasteiger partial charge is 0.218 e. The van der Waals surface area contributed by atoms with Gasteiger partial charge in [-0.25, -0.2) is 4.98 Å². The third kappa shape index (κ3) is 4.48. The summed E-state index contributed by atoms with van der Waals surface area (Å²) in [6.45, 7) is 10.1. The minimum atomic E-state index is -0.0176. The highest BCUT2D eigenvalue weighted by Gasteiger charge is 2.22. The number of rotatable bonds is 7. The molecule has 0 aromatic carbocycles. The minimum Gasteiger partial charge on any atom is -0.475 e. The normalized spacial score (nSPS) is 13.6. The van der Waals surface area contributed by atoms with E-state index in [4.69, 9.17) is 4.74 Å². The third-order valence-electron chi connectivity index (χ3n) is 3.55. The van der Waals surface area contributed by atoms with Crippen molar-refractivity contribution in [1.29, 1.82) is 0 Å². The first kappa shape index (κ1) is 15.9. The molecule has 1 rings (SSSR count). The van der Waals surface area contributed by atoms with Crippen LogP contribution in [0.15, 0.2) is 18.3 Å². The highest BCUT2D eigenvalue weighted by atomic mass is 16.5. The maximum atomic E-state index is 5.94. The van der Waals surface area contributed by atoms with Crippen molar-refractivity contribution >= 4 is 0 Å². The summed E-state index contributed by atoms with van der Waals surface area (Å²) in [5, 5.41) is 3.39. The van der Waals surface area contributed by atoms with Gasteiger partial charge in [-0.15, -0.1) is 0 Å². The van der Waals surface area contributed by atoms with Gasteiger partial charge in [0.2, 0.25) is 5.88 Å². The first-order valence-corrected chi connectivity index (χ1v) is 6.87. The van der Waals surface area contributed by atoms with Crippen LogP contribution in [0.3, 0.4) is 0 Å². The molecule has 4 heteroatoms. The monoisotopic (exact) mass is 265 g/mol. The molecular formula is C15H27N3O. The van der Waals surface area contributed by atoms with Crippen LogP contribution < -0.4 is 10.1 Å². The molecule has 0 amide bonds. The lowest BCUT2D eigenvalue weighted by Crippen LogP contribution is -2.43. The number of hydrogen-bond donors (Lipinski definition) is 1. The Hall–Kier alpha value is -1.13. The predicted octanol–water partition coefficient (Wildman–Crippen LogP) is 2.47. The highest BCUT2D eigenvalue weighted by molar-refractivity contribution is 5.28. The van der Waals surface area contributed by atoms with Crippen molar-refractivity contribution in [1.82, 2.24) is 15.2 Å². The molecular weight excluding hydrogens is 238 g/mol. The molecule has 19 heavy (non-hydrogen) atoms. The number of hydrogen-bond acceptors (Lipinski definition) is 4. The molecule has 4 nitrogen and oxygen atoms in total. The Kier molecular flexibility index (Phi) is 5.76. The second kappa shape index (κ2) is 6.87. The second-order valence-electron chi connectivity index (χ2n) is 5.67. The Morgan fingerprint density at radius 2 is 2.11 bits per heavy atom. The quantitative estimate of drug-likeness (QED) is 0.822. The fraction of sp³-hybridized carbons (Fsp3) is 0.667. The molecule has 1 N–H and O–H groups in total. The van der Waals surface area contributed by atoms with Gasteiger partial charge in [0.25, 0.3) is 0 Å². The maximum Gasteiger partial charge on any atom is 0.218 e. The van der Waals surface area contributed by atoms with E-state index in [1.54, 1.807) is 6.20 Å². The van der Waals surface area contributed by atoms with Crippen molar-refractivity contribution in [2.24, 2.45) is 0 Å². The largest absolute Gasteiger partial charge is 0.475 e. The Labute approximate surface area is 117 Å². The van der Waals surface area contributed by atoms with Gasteiger partial charge in [-0.1, -0.05) is 13.0 Å². The summed E-state index contributed by atoms with van der Waals surface area (Å²) >= 11 is 0. The van der Waals surface area contributed by atoms with Crippen molar-refractivity contribution < 1.29 is 4.74 Å². The van der Waals surface area contributed by atoms with Crippen molar-refractivity contribution in [2.75, 3.05) is 27.2 Å². The van der Waals surface area contributed by atoms with E-state index in [-0.39, 0.29) is 11.6 Å². The SMILES string of the molecule is CCNC(C)c1cccnc1OCC(C)(C)N(C)C. The summed E-state index contributed by atoms with van der Waals surface area (Å²) in [6, 6.07) is 4.27. The first-order valence-electron chi connectivity index (χ1n) is 6.87. The van der Waals surface area contributed by atoms with Crippen LogP contribution in [0.1, 0.15) is 39.3 Å². The molecule has 1 atom stereocenters. The van der Waals surface area contributed by atoms with Gasteiger partial charge in [0.1, 0.15) is 6.61 Å². The van der Waals surface area contributed by atoms with Gasteiger partial charge in [-0.2, -0.15) is 0 Å². The number of ether oxygens (including phenoxy) is 1. The lowest BCUT2D eigenvalue weighted by molar-refractivity contribution is 0.110. The molecule has 1 unspecified atom stereocenters. The summed E-state index contributed by atoms with van der Waals surface area (Å²) < 4.78 is 5.94. The van der Waals surface area contributed by atoms with Crippen LogP contribution in [-0.2, 0) is 0 Å². The van der Waals surface area contributed by atoms with Crippen LogP contribution in [0.2, 0.25) is 0 Å². The van der Waals surface area contributed by atoms with E-state index in [2.05, 4.69) is 63.1 Å². The van der Waals surface area contributed by atoms with Crippen LogP contribution in [0.5, 0.6) is 5.88 Å². The van der Waals surface area contributed by atoms with E-state index >= 15 is 0 Å². The van der Waals surface area contributed by atoms with Crippen LogP contribution >= 0.6 is 0 Å². The van der Waals surface area contributed by atoms with E-state index in [9.17, 15) is 0 Å². The minimum absolute atomic E-state index is 0.0176. The molecule has 0 spiro atoms. The van der Waals surface area contributed by atoms with Crippen molar-refractivity contribution in [3.8, 4) is 5.88 Å². The Balaban J connectivity index is 2.78. The number of likely N-dealkylation sites (N-methyl/N-ethyl adjacent to an activating group) is 1. The predicted molar refractivity (Wildman–Crippen MR) is 79.6 cm³/mol. The molecule has 0 bridgehead atoms. The van der Waals surface area contributed by atoms with E-state index in [1.807, 2.05) is 6.07 Å². The van der Waals surface area contributed by atoms with Crippen LogP contribution in [0.4, 0.5) is 0 Å². The number of nitrogens with zero attached hydrogens (tertiary/aromatic N) is 2. The van der Waals surface area contributed by atoms with Crippen LogP contribution in [0.25, 0.3) is 0 Å². The molecule has 0 aliphatic rings. The molecule has 1 aromatic heterocycles. The van der Waals surface area contributed by atoms with Crippen molar-refractivity contribution in [3.63, 3.8) is 0 Å². The van der Waals surface area contributed by atoms with E-state index in [1.165, 1.54) is 0 Å². The van der Waals surface area contributed by atoms with E-state index in [0.717, 1.165) is 18.0 Å². The van der Waals surface area contributed by atoms with Crippen molar-refractivity contribution in [2.45, 2.75) is 39.3 Å².